The van der Waals surface area contributed by atoms with E-state index in [1.807, 2.05) is 0 Å². The molecule has 0 saturated heterocycles. The third-order valence-corrected chi connectivity index (χ3v) is 2.54. The van der Waals surface area contributed by atoms with Crippen LogP contribution in [0.25, 0.3) is 0 Å². The highest BCUT2D eigenvalue weighted by molar-refractivity contribution is 9.10. The zero-order valence-electron chi connectivity index (χ0n) is 7.28. The minimum absolute atomic E-state index is 0.0312. The molecule has 8 heteroatoms. The SMILES string of the molecule is NCc1ncc(C(F)F)c(Br)c1[N+](=O)[O-]. The van der Waals surface area contributed by atoms with Crippen LogP contribution >= 0.6 is 15.9 Å². The number of pyridine rings is 1. The second-order valence-corrected chi connectivity index (χ2v) is 3.38. The summed E-state index contributed by atoms with van der Waals surface area (Å²) < 4.78 is 24.5. The number of rotatable bonds is 3. The fraction of sp³-hybridized carbons (Fsp3) is 0.286. The quantitative estimate of drug-likeness (QED) is 0.680. The number of alkyl halides is 2. The number of nitrogens with zero attached hydrogens (tertiary/aromatic N) is 2. The summed E-state index contributed by atoms with van der Waals surface area (Å²) in [4.78, 5) is 13.3. The van der Waals surface area contributed by atoms with Gasteiger partial charge in [-0.1, -0.05) is 0 Å². The Morgan fingerprint density at radius 1 is 1.67 bits per heavy atom. The van der Waals surface area contributed by atoms with Gasteiger partial charge in [-0.2, -0.15) is 0 Å². The van der Waals surface area contributed by atoms with Crippen molar-refractivity contribution in [2.75, 3.05) is 0 Å². The normalized spacial score (nSPS) is 10.7. The molecule has 0 aliphatic rings. The van der Waals surface area contributed by atoms with Gasteiger partial charge in [-0.05, 0) is 15.9 Å². The Morgan fingerprint density at radius 2 is 2.27 bits per heavy atom. The third-order valence-electron chi connectivity index (χ3n) is 1.71. The number of halogens is 3. The molecule has 0 saturated carbocycles. The number of aromatic nitrogens is 1. The van der Waals surface area contributed by atoms with E-state index in [2.05, 4.69) is 20.9 Å². The smallest absolute Gasteiger partial charge is 0.306 e. The van der Waals surface area contributed by atoms with Crippen LogP contribution in [0.4, 0.5) is 14.5 Å². The number of hydrogen-bond donors (Lipinski definition) is 1. The summed E-state index contributed by atoms with van der Waals surface area (Å²) in [6, 6.07) is 0. The first-order chi connectivity index (χ1) is 6.99. The lowest BCUT2D eigenvalue weighted by Crippen LogP contribution is -2.07. The zero-order valence-corrected chi connectivity index (χ0v) is 8.87. The van der Waals surface area contributed by atoms with Gasteiger partial charge in [0.05, 0.1) is 10.5 Å². The second kappa shape index (κ2) is 4.58. The first-order valence-corrected chi connectivity index (χ1v) is 4.58. The molecule has 0 bridgehead atoms. The topological polar surface area (TPSA) is 82.0 Å². The maximum Gasteiger partial charge on any atom is 0.306 e. The Kier molecular flexibility index (Phi) is 3.64. The predicted molar refractivity (Wildman–Crippen MR) is 51.4 cm³/mol. The van der Waals surface area contributed by atoms with E-state index < -0.39 is 22.6 Å². The van der Waals surface area contributed by atoms with Crippen molar-refractivity contribution in [3.8, 4) is 0 Å². The van der Waals surface area contributed by atoms with Crippen molar-refractivity contribution in [1.29, 1.82) is 0 Å². The molecule has 0 atom stereocenters. The number of nitrogens with two attached hydrogens (primary N) is 1. The number of hydrogen-bond acceptors (Lipinski definition) is 4. The second-order valence-electron chi connectivity index (χ2n) is 2.58. The van der Waals surface area contributed by atoms with Crippen LogP contribution in [0.3, 0.4) is 0 Å². The van der Waals surface area contributed by atoms with Gasteiger partial charge in [0.25, 0.3) is 6.43 Å². The van der Waals surface area contributed by atoms with Gasteiger partial charge >= 0.3 is 5.69 Å². The van der Waals surface area contributed by atoms with Crippen LogP contribution in [-0.4, -0.2) is 9.91 Å². The highest BCUT2D eigenvalue weighted by atomic mass is 79.9. The molecule has 0 amide bonds. The van der Waals surface area contributed by atoms with Crippen LogP contribution in [0.2, 0.25) is 0 Å². The van der Waals surface area contributed by atoms with Crippen molar-refractivity contribution in [2.24, 2.45) is 5.73 Å². The molecule has 1 aromatic rings. The molecule has 1 aromatic heterocycles. The molecular formula is C7H6BrF2N3O2. The molecule has 15 heavy (non-hydrogen) atoms. The molecule has 1 rings (SSSR count). The van der Waals surface area contributed by atoms with Gasteiger partial charge in [0.1, 0.15) is 10.2 Å². The molecule has 2 N–H and O–H groups in total. The Morgan fingerprint density at radius 3 is 2.67 bits per heavy atom. The maximum atomic E-state index is 12.4. The molecule has 82 valence electrons. The van der Waals surface area contributed by atoms with Crippen molar-refractivity contribution in [2.45, 2.75) is 13.0 Å². The van der Waals surface area contributed by atoms with E-state index >= 15 is 0 Å². The van der Waals surface area contributed by atoms with E-state index in [-0.39, 0.29) is 16.7 Å². The van der Waals surface area contributed by atoms with Crippen LogP contribution in [-0.2, 0) is 6.54 Å². The number of nitro groups is 1. The fourth-order valence-corrected chi connectivity index (χ4v) is 1.66. The summed E-state index contributed by atoms with van der Waals surface area (Å²) in [5.74, 6) is 0. The van der Waals surface area contributed by atoms with Gasteiger partial charge in [-0.15, -0.1) is 0 Å². The van der Waals surface area contributed by atoms with E-state index in [4.69, 9.17) is 5.73 Å². The van der Waals surface area contributed by atoms with Crippen molar-refractivity contribution in [3.05, 3.63) is 32.0 Å². The Labute approximate surface area is 91.6 Å². The Bertz CT molecular complexity index is 400. The Hall–Kier alpha value is -1.15. The summed E-state index contributed by atoms with van der Waals surface area (Å²) in [5.41, 5.74) is 4.16. The zero-order chi connectivity index (χ0) is 11.6. The van der Waals surface area contributed by atoms with Crippen LogP contribution in [0.5, 0.6) is 0 Å². The first kappa shape index (κ1) is 11.9. The maximum absolute atomic E-state index is 12.4. The monoisotopic (exact) mass is 281 g/mol. The van der Waals surface area contributed by atoms with Crippen LogP contribution in [0.15, 0.2) is 10.7 Å². The van der Waals surface area contributed by atoms with Gasteiger partial charge in [0.2, 0.25) is 0 Å². The van der Waals surface area contributed by atoms with Crippen LogP contribution < -0.4 is 5.73 Å². The lowest BCUT2D eigenvalue weighted by molar-refractivity contribution is -0.386. The minimum atomic E-state index is -2.82. The van der Waals surface area contributed by atoms with Crippen LogP contribution in [0, 0.1) is 10.1 Å². The standard InChI is InChI=1S/C7H6BrF2N3O2/c8-5-3(7(9)10)2-12-4(1-11)6(5)13(14)15/h2,7H,1,11H2. The average molecular weight is 282 g/mol. The molecule has 0 fully saturated rings. The van der Waals surface area contributed by atoms with Gasteiger partial charge in [0, 0.05) is 12.7 Å². The van der Waals surface area contributed by atoms with Crippen molar-refractivity contribution in [3.63, 3.8) is 0 Å². The predicted octanol–water partition coefficient (Wildman–Crippen LogP) is 2.15. The summed E-state index contributed by atoms with van der Waals surface area (Å²) in [7, 11) is 0. The van der Waals surface area contributed by atoms with Gasteiger partial charge in [0.15, 0.2) is 0 Å². The molecule has 0 aliphatic carbocycles. The minimum Gasteiger partial charge on any atom is -0.325 e. The first-order valence-electron chi connectivity index (χ1n) is 3.79. The fourth-order valence-electron chi connectivity index (χ4n) is 1.02. The highest BCUT2D eigenvalue weighted by Gasteiger charge is 2.25. The van der Waals surface area contributed by atoms with Gasteiger partial charge in [-0.25, -0.2) is 8.78 Å². The van der Waals surface area contributed by atoms with E-state index in [0.29, 0.717) is 0 Å². The van der Waals surface area contributed by atoms with Crippen molar-refractivity contribution < 1.29 is 13.7 Å². The summed E-state index contributed by atoms with van der Waals surface area (Å²) in [6.45, 7) is -0.182. The van der Waals surface area contributed by atoms with Crippen molar-refractivity contribution in [1.82, 2.24) is 4.98 Å². The molecule has 5 nitrogen and oxygen atoms in total. The van der Waals surface area contributed by atoms with E-state index in [9.17, 15) is 18.9 Å². The molecule has 0 spiro atoms. The molecule has 1 heterocycles. The largest absolute Gasteiger partial charge is 0.325 e. The van der Waals surface area contributed by atoms with Crippen LogP contribution in [0.1, 0.15) is 17.7 Å². The molecule has 0 unspecified atom stereocenters. The highest BCUT2D eigenvalue weighted by Crippen LogP contribution is 2.35. The van der Waals surface area contributed by atoms with Gasteiger partial charge < -0.3 is 5.73 Å². The lowest BCUT2D eigenvalue weighted by atomic mass is 10.2. The Balaban J connectivity index is 3.42. The summed E-state index contributed by atoms with van der Waals surface area (Å²) in [6.07, 6.45) is -1.94. The van der Waals surface area contributed by atoms with E-state index in [1.54, 1.807) is 0 Å². The van der Waals surface area contributed by atoms with E-state index in [0.717, 1.165) is 6.20 Å². The molecule has 0 aliphatic heterocycles. The lowest BCUT2D eigenvalue weighted by Gasteiger charge is -2.06. The molecule has 0 aromatic carbocycles. The van der Waals surface area contributed by atoms with Gasteiger partial charge in [-0.3, -0.25) is 15.1 Å². The average Bonchev–Trinajstić information content (AvgIpc) is 2.15. The van der Waals surface area contributed by atoms with Crippen molar-refractivity contribution >= 4 is 21.6 Å². The third kappa shape index (κ3) is 2.26. The van der Waals surface area contributed by atoms with E-state index in [1.165, 1.54) is 0 Å². The summed E-state index contributed by atoms with van der Waals surface area (Å²) >= 11 is 2.76. The molecular weight excluding hydrogens is 276 g/mol. The molecule has 0 radical (unpaired) electrons. The summed E-state index contributed by atoms with van der Waals surface area (Å²) in [5, 5.41) is 10.6.